The van der Waals surface area contributed by atoms with E-state index in [0.29, 0.717) is 6.04 Å². The molecule has 0 aliphatic heterocycles. The van der Waals surface area contributed by atoms with Crippen molar-refractivity contribution in [2.75, 3.05) is 6.54 Å². The van der Waals surface area contributed by atoms with Gasteiger partial charge in [-0.25, -0.2) is 0 Å². The molecule has 0 fully saturated rings. The van der Waals surface area contributed by atoms with Crippen LogP contribution < -0.4 is 5.32 Å². The zero-order valence-electron chi connectivity index (χ0n) is 11.4. The molecule has 2 heterocycles. The van der Waals surface area contributed by atoms with Crippen LogP contribution in [0.3, 0.4) is 0 Å². The normalized spacial score (nSPS) is 12.7. The van der Waals surface area contributed by atoms with E-state index in [0.717, 1.165) is 24.2 Å². The first-order valence-electron chi connectivity index (χ1n) is 6.83. The smallest absolute Gasteiger partial charge is 0.0794 e. The number of nitrogens with zero attached hydrogens (tertiary/aromatic N) is 2. The van der Waals surface area contributed by atoms with Gasteiger partial charge < -0.3 is 5.32 Å². The number of hydrogen-bond acceptors (Lipinski definition) is 4. The Bertz CT molecular complexity index is 679. The van der Waals surface area contributed by atoms with Crippen LogP contribution in [0.4, 0.5) is 0 Å². The molecule has 102 valence electrons. The van der Waals surface area contributed by atoms with Crippen LogP contribution in [0.2, 0.25) is 0 Å². The molecule has 20 heavy (non-hydrogen) atoms. The quantitative estimate of drug-likeness (QED) is 0.777. The maximum absolute atomic E-state index is 4.75. The van der Waals surface area contributed by atoms with Gasteiger partial charge in [-0.3, -0.25) is 9.97 Å². The Hall–Kier alpha value is -1.78. The molecule has 3 aromatic rings. The van der Waals surface area contributed by atoms with E-state index < -0.39 is 0 Å². The highest BCUT2D eigenvalue weighted by Crippen LogP contribution is 2.22. The van der Waals surface area contributed by atoms with Crippen LogP contribution in [-0.4, -0.2) is 16.5 Å². The van der Waals surface area contributed by atoms with Crippen LogP contribution in [0.25, 0.3) is 10.9 Å². The fourth-order valence-corrected chi connectivity index (χ4v) is 3.04. The lowest BCUT2D eigenvalue weighted by Gasteiger charge is -2.15. The fourth-order valence-electron chi connectivity index (χ4n) is 2.35. The number of nitrogens with one attached hydrogen (secondary N) is 1. The average molecular weight is 283 g/mol. The molecule has 4 heteroatoms. The number of likely N-dealkylation sites (N-methyl/N-ethyl adjacent to an activating group) is 1. The second-order valence-corrected chi connectivity index (χ2v) is 5.63. The maximum atomic E-state index is 4.75. The predicted molar refractivity (Wildman–Crippen MR) is 84.0 cm³/mol. The molecule has 3 rings (SSSR count). The summed E-state index contributed by atoms with van der Waals surface area (Å²) in [6.45, 7) is 3.07. The summed E-state index contributed by atoms with van der Waals surface area (Å²) in [5.74, 6) is 0. The van der Waals surface area contributed by atoms with E-state index in [-0.39, 0.29) is 0 Å². The van der Waals surface area contributed by atoms with Crippen molar-refractivity contribution in [1.29, 1.82) is 0 Å². The topological polar surface area (TPSA) is 37.8 Å². The lowest BCUT2D eigenvalue weighted by molar-refractivity contribution is 0.552. The minimum Gasteiger partial charge on any atom is -0.309 e. The number of fused-ring (bicyclic) bond motifs is 1. The third-order valence-corrected chi connectivity index (χ3v) is 4.20. The van der Waals surface area contributed by atoms with Gasteiger partial charge in [-0.05, 0) is 18.7 Å². The molecule has 1 aromatic carbocycles. The highest BCUT2D eigenvalue weighted by atomic mass is 32.1. The lowest BCUT2D eigenvalue weighted by atomic mass is 10.1. The summed E-state index contributed by atoms with van der Waals surface area (Å²) in [6.07, 6.45) is 2.83. The molecule has 0 saturated carbocycles. The average Bonchev–Trinajstić information content (AvgIpc) is 3.01. The van der Waals surface area contributed by atoms with Crippen LogP contribution in [-0.2, 0) is 6.42 Å². The summed E-state index contributed by atoms with van der Waals surface area (Å²) in [5, 5.41) is 4.70. The Morgan fingerprint density at radius 2 is 2.10 bits per heavy atom. The van der Waals surface area contributed by atoms with Crippen LogP contribution in [0, 0.1) is 0 Å². The third kappa shape index (κ3) is 2.86. The number of pyridine rings is 1. The van der Waals surface area contributed by atoms with Crippen LogP contribution in [0.5, 0.6) is 0 Å². The van der Waals surface area contributed by atoms with Crippen molar-refractivity contribution in [3.05, 3.63) is 58.7 Å². The first kappa shape index (κ1) is 13.2. The first-order valence-corrected chi connectivity index (χ1v) is 7.71. The Kier molecular flexibility index (Phi) is 4.04. The molecule has 1 N–H and O–H groups in total. The van der Waals surface area contributed by atoms with Crippen molar-refractivity contribution < 1.29 is 0 Å². The largest absolute Gasteiger partial charge is 0.309 e. The number of hydrogen-bond donors (Lipinski definition) is 1. The highest BCUT2D eigenvalue weighted by molar-refractivity contribution is 7.09. The van der Waals surface area contributed by atoms with Gasteiger partial charge in [-0.15, -0.1) is 11.3 Å². The van der Waals surface area contributed by atoms with Gasteiger partial charge in [0.25, 0.3) is 0 Å². The fraction of sp³-hybridized carbons (Fsp3) is 0.250. The lowest BCUT2D eigenvalue weighted by Crippen LogP contribution is -2.22. The van der Waals surface area contributed by atoms with Crippen LogP contribution in [0.1, 0.15) is 23.5 Å². The molecular weight excluding hydrogens is 266 g/mol. The molecular formula is C16H17N3S. The van der Waals surface area contributed by atoms with Crippen molar-refractivity contribution >= 4 is 22.2 Å². The van der Waals surface area contributed by atoms with Crippen LogP contribution in [0.15, 0.2) is 48.1 Å². The molecule has 0 bridgehead atoms. The molecule has 0 saturated heterocycles. The summed E-state index contributed by atoms with van der Waals surface area (Å²) in [5.41, 5.74) is 4.06. The molecule has 0 amide bonds. The zero-order chi connectivity index (χ0) is 13.8. The van der Waals surface area contributed by atoms with Gasteiger partial charge in [0.15, 0.2) is 0 Å². The minimum absolute atomic E-state index is 0.293. The Labute approximate surface area is 122 Å². The van der Waals surface area contributed by atoms with E-state index in [2.05, 4.69) is 41.5 Å². The van der Waals surface area contributed by atoms with Gasteiger partial charge in [0.1, 0.15) is 0 Å². The molecule has 3 nitrogen and oxygen atoms in total. The molecule has 0 spiro atoms. The van der Waals surface area contributed by atoms with Crippen LogP contribution >= 0.6 is 11.3 Å². The summed E-state index contributed by atoms with van der Waals surface area (Å²) >= 11 is 1.69. The minimum atomic E-state index is 0.293. The molecule has 0 aliphatic carbocycles. The number of benzene rings is 1. The van der Waals surface area contributed by atoms with E-state index >= 15 is 0 Å². The van der Waals surface area contributed by atoms with E-state index in [9.17, 15) is 0 Å². The Balaban J connectivity index is 1.86. The number of aromatic nitrogens is 2. The number of para-hydroxylation sites is 1. The van der Waals surface area contributed by atoms with Crippen molar-refractivity contribution in [2.45, 2.75) is 19.4 Å². The van der Waals surface area contributed by atoms with Gasteiger partial charge in [0.05, 0.1) is 11.0 Å². The molecule has 2 aromatic heterocycles. The zero-order valence-corrected chi connectivity index (χ0v) is 12.2. The molecule has 1 unspecified atom stereocenters. The predicted octanol–water partition coefficient (Wildman–Crippen LogP) is 3.58. The van der Waals surface area contributed by atoms with E-state index in [1.165, 1.54) is 10.3 Å². The Morgan fingerprint density at radius 1 is 1.20 bits per heavy atom. The summed E-state index contributed by atoms with van der Waals surface area (Å²) in [7, 11) is 0. The van der Waals surface area contributed by atoms with Gasteiger partial charge >= 0.3 is 0 Å². The van der Waals surface area contributed by atoms with E-state index in [4.69, 9.17) is 4.98 Å². The van der Waals surface area contributed by atoms with Crippen molar-refractivity contribution in [1.82, 2.24) is 15.3 Å². The van der Waals surface area contributed by atoms with Gasteiger partial charge in [0, 0.05) is 34.6 Å². The van der Waals surface area contributed by atoms with Gasteiger partial charge in [0.2, 0.25) is 0 Å². The molecule has 1 atom stereocenters. The SMILES string of the molecule is CCNC(Cc1ccc2ccccc2n1)c1cncs1. The molecule has 0 aliphatic rings. The first-order chi connectivity index (χ1) is 9.86. The second kappa shape index (κ2) is 6.11. The van der Waals surface area contributed by atoms with E-state index in [1.807, 2.05) is 23.8 Å². The van der Waals surface area contributed by atoms with Crippen molar-refractivity contribution in [3.8, 4) is 0 Å². The summed E-state index contributed by atoms with van der Waals surface area (Å²) in [4.78, 5) is 10.2. The van der Waals surface area contributed by atoms with Crippen molar-refractivity contribution in [3.63, 3.8) is 0 Å². The number of thiazole rings is 1. The maximum Gasteiger partial charge on any atom is 0.0794 e. The van der Waals surface area contributed by atoms with Gasteiger partial charge in [-0.1, -0.05) is 31.2 Å². The monoisotopic (exact) mass is 283 g/mol. The third-order valence-electron chi connectivity index (χ3n) is 3.31. The highest BCUT2D eigenvalue weighted by Gasteiger charge is 2.13. The Morgan fingerprint density at radius 3 is 2.90 bits per heavy atom. The van der Waals surface area contributed by atoms with Gasteiger partial charge in [-0.2, -0.15) is 0 Å². The van der Waals surface area contributed by atoms with E-state index in [1.54, 1.807) is 11.3 Å². The standard InChI is InChI=1S/C16H17N3S/c1-2-18-15(16-10-17-11-20-16)9-13-8-7-12-5-3-4-6-14(12)19-13/h3-8,10-11,15,18H,2,9H2,1H3. The number of rotatable bonds is 5. The summed E-state index contributed by atoms with van der Waals surface area (Å²) < 4.78 is 0. The van der Waals surface area contributed by atoms with Crippen molar-refractivity contribution in [2.24, 2.45) is 0 Å². The summed E-state index contributed by atoms with van der Waals surface area (Å²) in [6, 6.07) is 12.8. The second-order valence-electron chi connectivity index (χ2n) is 4.71. The molecule has 0 radical (unpaired) electrons.